The van der Waals surface area contributed by atoms with Crippen LogP contribution in [0.1, 0.15) is 181 Å². The van der Waals surface area contributed by atoms with Gasteiger partial charge in [0, 0.05) is 19.3 Å². The van der Waals surface area contributed by atoms with E-state index in [1.165, 1.54) is 57.8 Å². The van der Waals surface area contributed by atoms with Crippen LogP contribution < -0.4 is 0 Å². The van der Waals surface area contributed by atoms with Crippen LogP contribution >= 0.6 is 0 Å². The van der Waals surface area contributed by atoms with Crippen molar-refractivity contribution in [1.82, 2.24) is 0 Å². The average molecular weight is 777 g/mol. The fourth-order valence-electron chi connectivity index (χ4n) is 5.62. The number of carbonyl (C=O) groups is 3. The van der Waals surface area contributed by atoms with Crippen molar-refractivity contribution in [3.63, 3.8) is 0 Å². The van der Waals surface area contributed by atoms with Crippen LogP contribution in [0.4, 0.5) is 0 Å². The number of unbranched alkanes of at least 4 members (excludes halogenated alkanes) is 17. The van der Waals surface area contributed by atoms with Crippen LogP contribution in [-0.2, 0) is 28.6 Å². The second kappa shape index (κ2) is 44.0. The molecule has 0 aliphatic carbocycles. The summed E-state index contributed by atoms with van der Waals surface area (Å²) in [6.45, 7) is 6.33. The van der Waals surface area contributed by atoms with Gasteiger partial charge in [0.1, 0.15) is 13.2 Å². The second-order valence-corrected chi connectivity index (χ2v) is 14.4. The molecule has 6 nitrogen and oxygen atoms in total. The van der Waals surface area contributed by atoms with Crippen LogP contribution in [0.5, 0.6) is 0 Å². The first-order valence-electron chi connectivity index (χ1n) is 22.3. The van der Waals surface area contributed by atoms with Crippen molar-refractivity contribution in [2.24, 2.45) is 0 Å². The van der Waals surface area contributed by atoms with E-state index in [4.69, 9.17) is 14.2 Å². The molecule has 0 heterocycles. The maximum absolute atomic E-state index is 12.7. The minimum Gasteiger partial charge on any atom is -0.462 e. The third-order valence-electron chi connectivity index (χ3n) is 9.01. The van der Waals surface area contributed by atoms with Crippen molar-refractivity contribution in [2.75, 3.05) is 13.2 Å². The van der Waals surface area contributed by atoms with Crippen molar-refractivity contribution in [3.05, 3.63) is 97.2 Å². The fraction of sp³-hybridized carbons (Fsp3) is 0.620. The lowest BCUT2D eigenvalue weighted by Gasteiger charge is -2.18. The van der Waals surface area contributed by atoms with E-state index in [0.29, 0.717) is 12.8 Å². The van der Waals surface area contributed by atoms with Gasteiger partial charge in [-0.25, -0.2) is 0 Å². The highest BCUT2D eigenvalue weighted by Gasteiger charge is 2.19. The molecule has 0 aromatic rings. The molecule has 0 aromatic carbocycles. The van der Waals surface area contributed by atoms with Gasteiger partial charge >= 0.3 is 17.9 Å². The third kappa shape index (κ3) is 41.5. The zero-order chi connectivity index (χ0) is 40.8. The summed E-state index contributed by atoms with van der Waals surface area (Å²) in [5.41, 5.74) is 0. The Morgan fingerprint density at radius 3 is 1.16 bits per heavy atom. The maximum atomic E-state index is 12.7. The van der Waals surface area contributed by atoms with Crippen LogP contribution in [0.25, 0.3) is 0 Å². The lowest BCUT2D eigenvalue weighted by Crippen LogP contribution is -2.30. The van der Waals surface area contributed by atoms with Gasteiger partial charge in [0.2, 0.25) is 0 Å². The standard InChI is InChI=1S/C50H80O6/c1-4-7-10-13-16-19-22-23-24-25-26-27-29-31-34-37-40-43-49(52)55-46-47(45-54-48(51)42-39-36-33-30-21-18-15-12-9-6-3)56-50(53)44-41-38-35-32-28-20-17-14-11-8-5-2/h7,10,13-14,16-17,19-20,22-29,47H,4-6,8-9,11-12,15,18,21,30-46H2,1-3H3/b10-7-,16-13-,17-14-,22-19-,24-23-,26-25+,28-20-,29-27-. The number of hydrogen-bond donors (Lipinski definition) is 0. The van der Waals surface area contributed by atoms with E-state index in [-0.39, 0.29) is 37.5 Å². The molecule has 0 saturated heterocycles. The molecule has 0 N–H and O–H groups in total. The van der Waals surface area contributed by atoms with Gasteiger partial charge in [-0.3, -0.25) is 14.4 Å². The molecule has 0 radical (unpaired) electrons. The van der Waals surface area contributed by atoms with Crippen LogP contribution in [0.3, 0.4) is 0 Å². The number of hydrogen-bond acceptors (Lipinski definition) is 6. The molecule has 0 spiro atoms. The van der Waals surface area contributed by atoms with Crippen LogP contribution in [0.15, 0.2) is 97.2 Å². The van der Waals surface area contributed by atoms with Crippen molar-refractivity contribution >= 4 is 17.9 Å². The first-order chi connectivity index (χ1) is 27.5. The first kappa shape index (κ1) is 52.3. The number of rotatable bonds is 38. The van der Waals surface area contributed by atoms with Gasteiger partial charge in [0.25, 0.3) is 0 Å². The van der Waals surface area contributed by atoms with Crippen LogP contribution in [0.2, 0.25) is 0 Å². The summed E-state index contributed by atoms with van der Waals surface area (Å²) in [7, 11) is 0. The molecular weight excluding hydrogens is 697 g/mol. The van der Waals surface area contributed by atoms with E-state index >= 15 is 0 Å². The normalized spacial score (nSPS) is 13.0. The lowest BCUT2D eigenvalue weighted by molar-refractivity contribution is -0.167. The van der Waals surface area contributed by atoms with Gasteiger partial charge in [0.15, 0.2) is 6.10 Å². The maximum Gasteiger partial charge on any atom is 0.306 e. The van der Waals surface area contributed by atoms with Gasteiger partial charge < -0.3 is 14.2 Å². The molecule has 0 fully saturated rings. The molecule has 0 amide bonds. The van der Waals surface area contributed by atoms with Crippen LogP contribution in [0, 0.1) is 0 Å². The number of carbonyl (C=O) groups excluding carboxylic acids is 3. The van der Waals surface area contributed by atoms with Crippen molar-refractivity contribution in [2.45, 2.75) is 187 Å². The highest BCUT2D eigenvalue weighted by atomic mass is 16.6. The SMILES string of the molecule is CC\C=C/C=C\C=C/C=C\C=C\C=C/CCCCCC(=O)OCC(COC(=O)CCCCCCCCCCCC)OC(=O)CCCCC/C=C\C=C/CCCC. The van der Waals surface area contributed by atoms with Gasteiger partial charge in [-0.15, -0.1) is 0 Å². The molecule has 56 heavy (non-hydrogen) atoms. The molecular formula is C50H80O6. The number of ether oxygens (including phenoxy) is 3. The Hall–Kier alpha value is -3.67. The number of esters is 3. The van der Waals surface area contributed by atoms with Crippen molar-refractivity contribution in [3.8, 4) is 0 Å². The summed E-state index contributed by atoms with van der Waals surface area (Å²) in [5, 5.41) is 0. The predicted octanol–water partition coefficient (Wildman–Crippen LogP) is 14.2. The summed E-state index contributed by atoms with van der Waals surface area (Å²) >= 11 is 0. The van der Waals surface area contributed by atoms with E-state index in [1.807, 2.05) is 60.8 Å². The number of allylic oxidation sites excluding steroid dienone is 16. The molecule has 0 bridgehead atoms. The van der Waals surface area contributed by atoms with Crippen LogP contribution in [-0.4, -0.2) is 37.2 Å². The largest absolute Gasteiger partial charge is 0.462 e. The monoisotopic (exact) mass is 777 g/mol. The Morgan fingerprint density at radius 1 is 0.375 bits per heavy atom. The molecule has 316 valence electrons. The average Bonchev–Trinajstić information content (AvgIpc) is 3.19. The third-order valence-corrected chi connectivity index (χ3v) is 9.01. The Balaban J connectivity index is 4.51. The molecule has 0 aliphatic rings. The van der Waals surface area contributed by atoms with Crippen molar-refractivity contribution < 1.29 is 28.6 Å². The zero-order valence-electron chi connectivity index (χ0n) is 35.9. The van der Waals surface area contributed by atoms with E-state index < -0.39 is 6.10 Å². The minimum atomic E-state index is -0.806. The quantitative estimate of drug-likeness (QED) is 0.0269. The summed E-state index contributed by atoms with van der Waals surface area (Å²) in [6.07, 6.45) is 56.7. The molecule has 6 heteroatoms. The summed E-state index contributed by atoms with van der Waals surface area (Å²) in [4.78, 5) is 37.7. The topological polar surface area (TPSA) is 78.9 Å². The van der Waals surface area contributed by atoms with E-state index in [9.17, 15) is 14.4 Å². The Bertz CT molecular complexity index is 1170. The lowest BCUT2D eigenvalue weighted by atomic mass is 10.1. The van der Waals surface area contributed by atoms with Gasteiger partial charge in [-0.1, -0.05) is 201 Å². The molecule has 0 saturated carbocycles. The summed E-state index contributed by atoms with van der Waals surface area (Å²) in [6, 6.07) is 0. The smallest absolute Gasteiger partial charge is 0.306 e. The summed E-state index contributed by atoms with van der Waals surface area (Å²) in [5.74, 6) is -0.990. The van der Waals surface area contributed by atoms with E-state index in [0.717, 1.165) is 83.5 Å². The van der Waals surface area contributed by atoms with E-state index in [1.54, 1.807) is 0 Å². The first-order valence-corrected chi connectivity index (χ1v) is 22.3. The zero-order valence-corrected chi connectivity index (χ0v) is 35.9. The fourth-order valence-corrected chi connectivity index (χ4v) is 5.62. The highest BCUT2D eigenvalue weighted by molar-refractivity contribution is 5.71. The van der Waals surface area contributed by atoms with E-state index in [2.05, 4.69) is 57.2 Å². The molecule has 0 aromatic heterocycles. The Kier molecular flexibility index (Phi) is 41.2. The van der Waals surface area contributed by atoms with Gasteiger partial charge in [-0.2, -0.15) is 0 Å². The Labute approximate surface area is 343 Å². The highest BCUT2D eigenvalue weighted by Crippen LogP contribution is 2.13. The van der Waals surface area contributed by atoms with Gasteiger partial charge in [-0.05, 0) is 57.8 Å². The molecule has 1 unspecified atom stereocenters. The van der Waals surface area contributed by atoms with Gasteiger partial charge in [0.05, 0.1) is 0 Å². The predicted molar refractivity (Wildman–Crippen MR) is 237 cm³/mol. The summed E-state index contributed by atoms with van der Waals surface area (Å²) < 4.78 is 16.6. The molecule has 0 aliphatic heterocycles. The van der Waals surface area contributed by atoms with Crippen molar-refractivity contribution in [1.29, 1.82) is 0 Å². The second-order valence-electron chi connectivity index (χ2n) is 14.4. The minimum absolute atomic E-state index is 0.103. The Morgan fingerprint density at radius 2 is 0.714 bits per heavy atom. The molecule has 1 atom stereocenters. The molecule has 0 rings (SSSR count).